The number of anilines is 4. The summed E-state index contributed by atoms with van der Waals surface area (Å²) in [7, 11) is 1.41. The fourth-order valence-electron chi connectivity index (χ4n) is 4.25. The second-order valence-electron chi connectivity index (χ2n) is 9.52. The number of methoxy groups -OCH3 is 1. The Morgan fingerprint density at radius 2 is 1.60 bits per heavy atom. The number of nitrogens with zero attached hydrogens (tertiary/aromatic N) is 4. The third kappa shape index (κ3) is 6.17. The Bertz CT molecular complexity index is 1470. The zero-order chi connectivity index (χ0) is 28.1. The van der Waals surface area contributed by atoms with E-state index in [0.717, 1.165) is 5.82 Å². The van der Waals surface area contributed by atoms with Gasteiger partial charge in [0.25, 0.3) is 0 Å². The number of nitrogens with one attached hydrogen (secondary N) is 2. The van der Waals surface area contributed by atoms with Gasteiger partial charge in [-0.2, -0.15) is 0 Å². The van der Waals surface area contributed by atoms with Gasteiger partial charge in [-0.1, -0.05) is 5.10 Å². The first-order chi connectivity index (χ1) is 19.3. The van der Waals surface area contributed by atoms with Gasteiger partial charge in [0, 0.05) is 18.8 Å². The molecule has 1 aliphatic rings. The van der Waals surface area contributed by atoms with Crippen LogP contribution in [0.15, 0.2) is 71.3 Å². The van der Waals surface area contributed by atoms with Crippen molar-refractivity contribution in [3.8, 4) is 11.5 Å². The molecule has 1 amide bonds. The highest BCUT2D eigenvalue weighted by Crippen LogP contribution is 2.33. The van der Waals surface area contributed by atoms with E-state index >= 15 is 0 Å². The average molecular weight is 547 g/mol. The van der Waals surface area contributed by atoms with Crippen LogP contribution < -0.4 is 20.3 Å². The Balaban J connectivity index is 1.13. The number of carbonyl (C=O) groups excluding carboxylic acids is 2. The number of hydrogen-bond donors (Lipinski definition) is 2. The maximum atomic E-state index is 13.0. The van der Waals surface area contributed by atoms with Gasteiger partial charge in [0.05, 0.1) is 24.4 Å². The second kappa shape index (κ2) is 11.4. The third-order valence-electron chi connectivity index (χ3n) is 6.65. The number of amides is 1. The minimum absolute atomic E-state index is 0.0369. The van der Waals surface area contributed by atoms with Crippen LogP contribution in [0.1, 0.15) is 30.5 Å². The van der Waals surface area contributed by atoms with Crippen LogP contribution >= 0.6 is 0 Å². The molecule has 0 saturated carbocycles. The largest absolute Gasteiger partial charge is 0.469 e. The molecule has 1 saturated heterocycles. The van der Waals surface area contributed by atoms with Crippen molar-refractivity contribution in [3.63, 3.8) is 0 Å². The maximum Gasteiger partial charge on any atom is 0.320 e. The molecule has 1 fully saturated rings. The summed E-state index contributed by atoms with van der Waals surface area (Å²) >= 11 is 0. The lowest BCUT2D eigenvalue weighted by molar-refractivity contribution is -0.152. The summed E-state index contributed by atoms with van der Waals surface area (Å²) in [6.45, 7) is 3.27. The summed E-state index contributed by atoms with van der Waals surface area (Å²) in [4.78, 5) is 31.2. The van der Waals surface area contributed by atoms with Crippen molar-refractivity contribution in [2.45, 2.75) is 19.8 Å². The van der Waals surface area contributed by atoms with Crippen molar-refractivity contribution in [1.29, 1.82) is 0 Å². The van der Waals surface area contributed by atoms with Gasteiger partial charge < -0.3 is 29.4 Å². The Kier molecular flexibility index (Phi) is 7.58. The van der Waals surface area contributed by atoms with E-state index in [0.29, 0.717) is 48.8 Å². The van der Waals surface area contributed by atoms with Gasteiger partial charge in [0.2, 0.25) is 0 Å². The summed E-state index contributed by atoms with van der Waals surface area (Å²) in [6, 6.07) is 16.2. The zero-order valence-corrected chi connectivity index (χ0v) is 21.9. The zero-order valence-electron chi connectivity index (χ0n) is 21.9. The standard InChI is InChI=1S/C28H27FN6O5/c1-28(26(37)38-2)13-15-35(16-14-28)23-12-7-20(17-30-23)31-24(36)25-33-34-27(40-25)32-19-5-10-22(11-6-19)39-21-8-3-18(29)4-9-21/h3-12,17H,13-16H2,1-2H3,(H,31,36)(H,32,34). The van der Waals surface area contributed by atoms with E-state index in [1.807, 2.05) is 6.92 Å². The smallest absolute Gasteiger partial charge is 0.320 e. The minimum Gasteiger partial charge on any atom is -0.469 e. The lowest BCUT2D eigenvalue weighted by Crippen LogP contribution is -2.43. The van der Waals surface area contributed by atoms with Crippen LogP contribution in [-0.4, -0.2) is 47.3 Å². The van der Waals surface area contributed by atoms with Gasteiger partial charge in [-0.25, -0.2) is 9.37 Å². The molecule has 4 aromatic rings. The monoisotopic (exact) mass is 546 g/mol. The number of pyridine rings is 1. The van der Waals surface area contributed by atoms with Crippen molar-refractivity contribution in [2.75, 3.05) is 35.7 Å². The van der Waals surface area contributed by atoms with Crippen LogP contribution in [0, 0.1) is 11.2 Å². The van der Waals surface area contributed by atoms with Crippen molar-refractivity contribution in [3.05, 3.63) is 78.6 Å². The number of ether oxygens (including phenoxy) is 2. The topological polar surface area (TPSA) is 132 Å². The summed E-state index contributed by atoms with van der Waals surface area (Å²) in [6.07, 6.45) is 2.88. The molecule has 206 valence electrons. The number of hydrogen-bond acceptors (Lipinski definition) is 10. The SMILES string of the molecule is COC(=O)C1(C)CCN(c2ccc(NC(=O)c3nnc(Nc4ccc(Oc5ccc(F)cc5)cc4)o3)cn2)CC1. The van der Waals surface area contributed by atoms with Gasteiger partial charge >= 0.3 is 23.8 Å². The van der Waals surface area contributed by atoms with Crippen molar-refractivity contribution < 1.29 is 27.9 Å². The van der Waals surface area contributed by atoms with Gasteiger partial charge in [-0.15, -0.1) is 5.10 Å². The van der Waals surface area contributed by atoms with E-state index in [1.165, 1.54) is 31.4 Å². The Morgan fingerprint density at radius 3 is 2.23 bits per heavy atom. The molecular weight excluding hydrogens is 519 g/mol. The van der Waals surface area contributed by atoms with Gasteiger partial charge in [-0.05, 0) is 80.4 Å². The second-order valence-corrected chi connectivity index (χ2v) is 9.52. The van der Waals surface area contributed by atoms with E-state index < -0.39 is 11.3 Å². The molecule has 40 heavy (non-hydrogen) atoms. The summed E-state index contributed by atoms with van der Waals surface area (Å²) in [5.41, 5.74) is 0.612. The van der Waals surface area contributed by atoms with Crippen LogP contribution in [0.3, 0.4) is 0 Å². The third-order valence-corrected chi connectivity index (χ3v) is 6.65. The molecule has 2 aromatic heterocycles. The lowest BCUT2D eigenvalue weighted by atomic mass is 9.80. The molecule has 0 bridgehead atoms. The number of rotatable bonds is 8. The molecular formula is C28H27FN6O5. The number of piperidine rings is 1. The molecule has 2 N–H and O–H groups in total. The van der Waals surface area contributed by atoms with Gasteiger partial charge in [0.1, 0.15) is 23.1 Å². The highest BCUT2D eigenvalue weighted by Gasteiger charge is 2.38. The number of aromatic nitrogens is 3. The van der Waals surface area contributed by atoms with E-state index in [4.69, 9.17) is 13.9 Å². The van der Waals surface area contributed by atoms with Crippen LogP contribution in [0.5, 0.6) is 11.5 Å². The summed E-state index contributed by atoms with van der Waals surface area (Å²) in [5.74, 6) is 0.489. The molecule has 3 heterocycles. The Hall–Kier alpha value is -5.00. The van der Waals surface area contributed by atoms with Gasteiger partial charge in [-0.3, -0.25) is 9.59 Å². The van der Waals surface area contributed by atoms with E-state index in [2.05, 4.69) is 30.7 Å². The van der Waals surface area contributed by atoms with Crippen molar-refractivity contribution in [1.82, 2.24) is 15.2 Å². The van der Waals surface area contributed by atoms with E-state index in [9.17, 15) is 14.0 Å². The molecule has 1 aliphatic heterocycles. The minimum atomic E-state index is -0.579. The first-order valence-electron chi connectivity index (χ1n) is 12.6. The molecule has 0 spiro atoms. The first-order valence-corrected chi connectivity index (χ1v) is 12.6. The highest BCUT2D eigenvalue weighted by molar-refractivity contribution is 6.00. The van der Waals surface area contributed by atoms with E-state index in [-0.39, 0.29) is 23.7 Å². The van der Waals surface area contributed by atoms with Crippen LogP contribution in [0.4, 0.5) is 27.6 Å². The molecule has 5 rings (SSSR count). The van der Waals surface area contributed by atoms with E-state index in [1.54, 1.807) is 42.6 Å². The normalized spacial score (nSPS) is 14.3. The number of benzene rings is 2. The van der Waals surface area contributed by atoms with Crippen LogP contribution in [0.2, 0.25) is 0 Å². The Morgan fingerprint density at radius 1 is 0.950 bits per heavy atom. The van der Waals surface area contributed by atoms with Crippen molar-refractivity contribution >= 4 is 35.1 Å². The first kappa shape index (κ1) is 26.6. The molecule has 2 aromatic carbocycles. The van der Waals surface area contributed by atoms with Gasteiger partial charge in [0.15, 0.2) is 0 Å². The van der Waals surface area contributed by atoms with Crippen LogP contribution in [0.25, 0.3) is 0 Å². The fraction of sp³-hybridized carbons (Fsp3) is 0.250. The average Bonchev–Trinajstić information content (AvgIpc) is 3.44. The molecule has 0 atom stereocenters. The molecule has 0 aliphatic carbocycles. The quantitative estimate of drug-likeness (QED) is 0.285. The molecule has 11 nitrogen and oxygen atoms in total. The summed E-state index contributed by atoms with van der Waals surface area (Å²) in [5, 5.41) is 13.3. The number of esters is 1. The number of carbonyl (C=O) groups is 2. The fourth-order valence-corrected chi connectivity index (χ4v) is 4.25. The van der Waals surface area contributed by atoms with Crippen molar-refractivity contribution in [2.24, 2.45) is 5.41 Å². The number of halogens is 1. The predicted octanol–water partition coefficient (Wildman–Crippen LogP) is 5.17. The molecule has 0 radical (unpaired) electrons. The lowest BCUT2D eigenvalue weighted by Gasteiger charge is -2.37. The van der Waals surface area contributed by atoms with Crippen LogP contribution in [-0.2, 0) is 9.53 Å². The molecule has 12 heteroatoms. The Labute approximate surface area is 229 Å². The molecule has 0 unspecified atom stereocenters. The summed E-state index contributed by atoms with van der Waals surface area (Å²) < 4.78 is 29.1. The predicted molar refractivity (Wildman–Crippen MR) is 144 cm³/mol. The highest BCUT2D eigenvalue weighted by atomic mass is 19.1. The maximum absolute atomic E-state index is 13.0.